The van der Waals surface area contributed by atoms with Crippen LogP contribution in [0.15, 0.2) is 22.8 Å². The number of likely N-dealkylation sites (tertiary alicyclic amines) is 1. The van der Waals surface area contributed by atoms with E-state index in [0.717, 1.165) is 18.6 Å². The van der Waals surface area contributed by atoms with Gasteiger partial charge in [-0.25, -0.2) is 0 Å². The number of methoxy groups -OCH3 is 1. The molecule has 1 saturated heterocycles. The number of nitrogens with one attached hydrogen (secondary N) is 1. The lowest BCUT2D eigenvalue weighted by atomic mass is 9.97. The van der Waals surface area contributed by atoms with Crippen molar-refractivity contribution in [3.63, 3.8) is 0 Å². The molecule has 1 aromatic rings. The van der Waals surface area contributed by atoms with Crippen molar-refractivity contribution in [2.24, 2.45) is 0 Å². The summed E-state index contributed by atoms with van der Waals surface area (Å²) in [5.74, 6) is 0.951. The molecule has 0 bridgehead atoms. The van der Waals surface area contributed by atoms with Crippen molar-refractivity contribution in [1.82, 2.24) is 10.2 Å². The molecule has 5 heteroatoms. The molecule has 3 unspecified atom stereocenters. The van der Waals surface area contributed by atoms with E-state index in [0.29, 0.717) is 25.2 Å². The Hall–Kier alpha value is -1.33. The summed E-state index contributed by atoms with van der Waals surface area (Å²) in [5, 5.41) is 3.25. The third-order valence-corrected chi connectivity index (χ3v) is 4.20. The quantitative estimate of drug-likeness (QED) is 0.875. The monoisotopic (exact) mass is 294 g/mol. The molecule has 0 spiro atoms. The van der Waals surface area contributed by atoms with Crippen LogP contribution >= 0.6 is 0 Å². The first-order chi connectivity index (χ1) is 10.1. The van der Waals surface area contributed by atoms with E-state index in [1.165, 1.54) is 6.42 Å². The fourth-order valence-corrected chi connectivity index (χ4v) is 3.11. The molecule has 1 aromatic heterocycles. The summed E-state index contributed by atoms with van der Waals surface area (Å²) in [5.41, 5.74) is 0. The molecule has 21 heavy (non-hydrogen) atoms. The highest BCUT2D eigenvalue weighted by atomic mass is 16.5. The lowest BCUT2D eigenvalue weighted by Gasteiger charge is -2.39. The predicted octanol–water partition coefficient (Wildman–Crippen LogP) is 2.35. The Labute approximate surface area is 126 Å². The zero-order valence-corrected chi connectivity index (χ0v) is 13.2. The molecule has 3 atom stereocenters. The van der Waals surface area contributed by atoms with Gasteiger partial charge in [-0.05, 0) is 45.2 Å². The summed E-state index contributed by atoms with van der Waals surface area (Å²) in [6.45, 7) is 5.05. The van der Waals surface area contributed by atoms with Gasteiger partial charge in [-0.3, -0.25) is 10.1 Å². The van der Waals surface area contributed by atoms with Crippen LogP contribution in [-0.2, 0) is 9.53 Å². The second-order valence-corrected chi connectivity index (χ2v) is 5.83. The summed E-state index contributed by atoms with van der Waals surface area (Å²) in [4.78, 5) is 14.5. The Morgan fingerprint density at radius 2 is 2.19 bits per heavy atom. The van der Waals surface area contributed by atoms with Crippen LogP contribution in [0.2, 0.25) is 0 Å². The number of carbonyl (C=O) groups excluding carboxylic acids is 1. The lowest BCUT2D eigenvalue weighted by molar-refractivity contribution is -0.136. The number of piperidine rings is 1. The minimum absolute atomic E-state index is 0.0932. The van der Waals surface area contributed by atoms with Gasteiger partial charge in [0.25, 0.3) is 0 Å². The van der Waals surface area contributed by atoms with Crippen molar-refractivity contribution in [3.05, 3.63) is 24.2 Å². The fraction of sp³-hybridized carbons (Fsp3) is 0.688. The maximum Gasteiger partial charge on any atom is 0.237 e. The standard InChI is InChI=1S/C16H26N2O3/c1-12-6-4-7-13(2)18(12)16(19)10-17-14(11-20-3)15-8-5-9-21-15/h5,8-9,12-14,17H,4,6-7,10-11H2,1-3H3. The van der Waals surface area contributed by atoms with Crippen LogP contribution in [0.1, 0.15) is 44.9 Å². The Balaban J connectivity index is 1.92. The van der Waals surface area contributed by atoms with E-state index in [1.807, 2.05) is 17.0 Å². The summed E-state index contributed by atoms with van der Waals surface area (Å²) < 4.78 is 10.6. The SMILES string of the molecule is COCC(NCC(=O)N1C(C)CCCC1C)c1ccco1. The Morgan fingerprint density at radius 3 is 2.76 bits per heavy atom. The minimum Gasteiger partial charge on any atom is -0.468 e. The van der Waals surface area contributed by atoms with Crippen LogP contribution in [0.3, 0.4) is 0 Å². The Kier molecular flexibility index (Phi) is 5.82. The zero-order valence-electron chi connectivity index (χ0n) is 13.2. The first kappa shape index (κ1) is 16.0. The van der Waals surface area contributed by atoms with E-state index in [1.54, 1.807) is 13.4 Å². The van der Waals surface area contributed by atoms with E-state index >= 15 is 0 Å². The molecule has 1 N–H and O–H groups in total. The van der Waals surface area contributed by atoms with E-state index < -0.39 is 0 Å². The van der Waals surface area contributed by atoms with Gasteiger partial charge < -0.3 is 14.1 Å². The van der Waals surface area contributed by atoms with Crippen LogP contribution in [0.5, 0.6) is 0 Å². The Bertz CT molecular complexity index is 423. The molecule has 0 radical (unpaired) electrons. The second-order valence-electron chi connectivity index (χ2n) is 5.83. The molecule has 0 aromatic carbocycles. The van der Waals surface area contributed by atoms with Crippen LogP contribution in [0.25, 0.3) is 0 Å². The molecule has 1 fully saturated rings. The van der Waals surface area contributed by atoms with E-state index in [9.17, 15) is 4.79 Å². The summed E-state index contributed by atoms with van der Waals surface area (Å²) in [7, 11) is 1.65. The molecular formula is C16H26N2O3. The minimum atomic E-state index is -0.0932. The summed E-state index contributed by atoms with van der Waals surface area (Å²) >= 11 is 0. The second kappa shape index (κ2) is 7.61. The summed E-state index contributed by atoms with van der Waals surface area (Å²) in [6, 6.07) is 4.30. The van der Waals surface area contributed by atoms with Crippen molar-refractivity contribution < 1.29 is 13.9 Å². The van der Waals surface area contributed by atoms with Crippen LogP contribution in [0.4, 0.5) is 0 Å². The van der Waals surface area contributed by atoms with Crippen LogP contribution in [-0.4, -0.2) is 43.2 Å². The van der Waals surface area contributed by atoms with Crippen molar-refractivity contribution in [1.29, 1.82) is 0 Å². The maximum atomic E-state index is 12.5. The largest absolute Gasteiger partial charge is 0.468 e. The molecule has 0 saturated carbocycles. The molecule has 2 heterocycles. The van der Waals surface area contributed by atoms with Gasteiger partial charge in [-0.2, -0.15) is 0 Å². The molecule has 118 valence electrons. The van der Waals surface area contributed by atoms with Gasteiger partial charge in [0.15, 0.2) is 0 Å². The van der Waals surface area contributed by atoms with Crippen molar-refractivity contribution in [3.8, 4) is 0 Å². The maximum absolute atomic E-state index is 12.5. The lowest BCUT2D eigenvalue weighted by Crippen LogP contribution is -2.50. The van der Waals surface area contributed by atoms with Crippen molar-refractivity contribution in [2.45, 2.75) is 51.2 Å². The van der Waals surface area contributed by atoms with E-state index in [4.69, 9.17) is 9.15 Å². The fourth-order valence-electron chi connectivity index (χ4n) is 3.11. The third-order valence-electron chi connectivity index (χ3n) is 4.20. The highest BCUT2D eigenvalue weighted by Gasteiger charge is 2.29. The van der Waals surface area contributed by atoms with Gasteiger partial charge in [-0.15, -0.1) is 0 Å². The number of carbonyl (C=O) groups is 1. The van der Waals surface area contributed by atoms with Gasteiger partial charge in [0.05, 0.1) is 25.5 Å². The topological polar surface area (TPSA) is 54.7 Å². The number of ether oxygens (including phenoxy) is 1. The predicted molar refractivity (Wildman–Crippen MR) is 80.9 cm³/mol. The Morgan fingerprint density at radius 1 is 1.48 bits per heavy atom. The summed E-state index contributed by atoms with van der Waals surface area (Å²) in [6.07, 6.45) is 5.03. The first-order valence-corrected chi connectivity index (χ1v) is 7.70. The van der Waals surface area contributed by atoms with Crippen LogP contribution in [0, 0.1) is 0 Å². The number of furan rings is 1. The van der Waals surface area contributed by atoms with Gasteiger partial charge in [0.2, 0.25) is 5.91 Å². The van der Waals surface area contributed by atoms with E-state index in [2.05, 4.69) is 19.2 Å². The number of nitrogens with zero attached hydrogens (tertiary/aromatic N) is 1. The number of hydrogen-bond donors (Lipinski definition) is 1. The average molecular weight is 294 g/mol. The zero-order chi connectivity index (χ0) is 15.2. The smallest absolute Gasteiger partial charge is 0.237 e. The third kappa shape index (κ3) is 4.08. The van der Waals surface area contributed by atoms with Crippen molar-refractivity contribution in [2.75, 3.05) is 20.3 Å². The average Bonchev–Trinajstić information content (AvgIpc) is 2.97. The number of rotatable bonds is 6. The highest BCUT2D eigenvalue weighted by Crippen LogP contribution is 2.22. The molecule has 1 aliphatic heterocycles. The van der Waals surface area contributed by atoms with Gasteiger partial charge >= 0.3 is 0 Å². The number of amides is 1. The molecule has 1 aliphatic rings. The molecule has 2 rings (SSSR count). The molecule has 1 amide bonds. The van der Waals surface area contributed by atoms with Gasteiger partial charge in [0, 0.05) is 19.2 Å². The molecular weight excluding hydrogens is 268 g/mol. The molecule has 0 aliphatic carbocycles. The highest BCUT2D eigenvalue weighted by molar-refractivity contribution is 5.79. The molecule has 5 nitrogen and oxygen atoms in total. The van der Waals surface area contributed by atoms with Crippen molar-refractivity contribution >= 4 is 5.91 Å². The van der Waals surface area contributed by atoms with E-state index in [-0.39, 0.29) is 11.9 Å². The van der Waals surface area contributed by atoms with Crippen LogP contribution < -0.4 is 5.32 Å². The number of hydrogen-bond acceptors (Lipinski definition) is 4. The normalized spacial score (nSPS) is 24.0. The first-order valence-electron chi connectivity index (χ1n) is 7.70. The van der Waals surface area contributed by atoms with Gasteiger partial charge in [-0.1, -0.05) is 0 Å². The van der Waals surface area contributed by atoms with Gasteiger partial charge in [0.1, 0.15) is 5.76 Å².